The Morgan fingerprint density at radius 3 is 2.17 bits per heavy atom. The summed E-state index contributed by atoms with van der Waals surface area (Å²) in [5.74, 6) is 0.556. The number of benzene rings is 2. The lowest BCUT2D eigenvalue weighted by atomic mass is 9.89. The third kappa shape index (κ3) is 4.84. The summed E-state index contributed by atoms with van der Waals surface area (Å²) in [4.78, 5) is 27.5. The van der Waals surface area contributed by atoms with Crippen molar-refractivity contribution in [1.29, 1.82) is 0 Å². The highest BCUT2D eigenvalue weighted by Gasteiger charge is 2.25. The number of hydrogen-bond acceptors (Lipinski definition) is 3. The summed E-state index contributed by atoms with van der Waals surface area (Å²) in [6.07, 6.45) is 1.96. The minimum absolute atomic E-state index is 0.0398. The highest BCUT2D eigenvalue weighted by molar-refractivity contribution is 7.18. The van der Waals surface area contributed by atoms with E-state index in [0.717, 1.165) is 31.6 Å². The Bertz CT molecular complexity index is 964. The van der Waals surface area contributed by atoms with Crippen LogP contribution in [0.15, 0.2) is 72.8 Å². The average molecular weight is 406 g/mol. The number of nitrogens with zero attached hydrogens (tertiary/aromatic N) is 1. The number of anilines is 2. The number of likely N-dealkylation sites (tertiary alicyclic amines) is 1. The zero-order chi connectivity index (χ0) is 20.1. The van der Waals surface area contributed by atoms with Gasteiger partial charge in [-0.25, -0.2) is 4.79 Å². The molecule has 2 heterocycles. The van der Waals surface area contributed by atoms with E-state index in [1.807, 2.05) is 41.3 Å². The van der Waals surface area contributed by atoms with Crippen LogP contribution in [0.2, 0.25) is 0 Å². The molecule has 0 atom stereocenters. The SMILES string of the molecule is O=C(Nc1ccccc1)Nc1ccc(C(=O)N2CCC(c3ccccc3)CC2)s1. The number of rotatable bonds is 4. The molecule has 29 heavy (non-hydrogen) atoms. The fourth-order valence-electron chi connectivity index (χ4n) is 3.61. The van der Waals surface area contributed by atoms with Crippen LogP contribution in [0.5, 0.6) is 0 Å². The van der Waals surface area contributed by atoms with E-state index in [1.54, 1.807) is 12.1 Å². The molecule has 1 saturated heterocycles. The fraction of sp³-hybridized carbons (Fsp3) is 0.217. The van der Waals surface area contributed by atoms with Gasteiger partial charge in [0.25, 0.3) is 5.91 Å². The normalized spacial score (nSPS) is 14.4. The number of nitrogens with one attached hydrogen (secondary N) is 2. The van der Waals surface area contributed by atoms with E-state index in [-0.39, 0.29) is 11.9 Å². The molecule has 0 aliphatic carbocycles. The lowest BCUT2D eigenvalue weighted by Crippen LogP contribution is -2.37. The van der Waals surface area contributed by atoms with E-state index < -0.39 is 0 Å². The van der Waals surface area contributed by atoms with Gasteiger partial charge in [-0.2, -0.15) is 0 Å². The number of hydrogen-bond donors (Lipinski definition) is 2. The molecule has 1 aromatic heterocycles. The predicted octanol–water partition coefficient (Wildman–Crippen LogP) is 5.41. The van der Waals surface area contributed by atoms with Gasteiger partial charge in [0.05, 0.1) is 9.88 Å². The first-order valence-electron chi connectivity index (χ1n) is 9.76. The summed E-state index contributed by atoms with van der Waals surface area (Å²) in [5, 5.41) is 6.22. The van der Waals surface area contributed by atoms with Crippen molar-refractivity contribution in [3.63, 3.8) is 0 Å². The van der Waals surface area contributed by atoms with Gasteiger partial charge >= 0.3 is 6.03 Å². The van der Waals surface area contributed by atoms with Crippen molar-refractivity contribution in [2.45, 2.75) is 18.8 Å². The maximum absolute atomic E-state index is 12.8. The fourth-order valence-corrected chi connectivity index (χ4v) is 4.48. The van der Waals surface area contributed by atoms with Crippen molar-refractivity contribution in [2.75, 3.05) is 23.7 Å². The van der Waals surface area contributed by atoms with Crippen molar-refractivity contribution in [3.05, 3.63) is 83.2 Å². The number of carbonyl (C=O) groups is 2. The third-order valence-corrected chi connectivity index (χ3v) is 6.13. The van der Waals surface area contributed by atoms with E-state index in [4.69, 9.17) is 0 Å². The topological polar surface area (TPSA) is 61.4 Å². The molecule has 4 rings (SSSR count). The number of carbonyl (C=O) groups excluding carboxylic acids is 2. The van der Waals surface area contributed by atoms with Crippen LogP contribution >= 0.6 is 11.3 Å². The summed E-state index contributed by atoms with van der Waals surface area (Å²) >= 11 is 1.31. The van der Waals surface area contributed by atoms with Gasteiger partial charge in [0, 0.05) is 18.8 Å². The second kappa shape index (κ2) is 8.92. The van der Waals surface area contributed by atoms with Crippen molar-refractivity contribution >= 4 is 34.0 Å². The van der Waals surface area contributed by atoms with Gasteiger partial charge in [0.2, 0.25) is 0 Å². The molecular formula is C23H23N3O2S. The highest BCUT2D eigenvalue weighted by Crippen LogP contribution is 2.30. The Hall–Kier alpha value is -3.12. The van der Waals surface area contributed by atoms with Crippen LogP contribution in [0.3, 0.4) is 0 Å². The van der Waals surface area contributed by atoms with Crippen molar-refractivity contribution in [1.82, 2.24) is 4.90 Å². The molecule has 2 N–H and O–H groups in total. The van der Waals surface area contributed by atoms with E-state index in [2.05, 4.69) is 34.9 Å². The van der Waals surface area contributed by atoms with E-state index in [0.29, 0.717) is 15.8 Å². The molecule has 3 amide bonds. The van der Waals surface area contributed by atoms with Crippen LogP contribution in [-0.2, 0) is 0 Å². The summed E-state index contributed by atoms with van der Waals surface area (Å²) in [5.41, 5.74) is 2.07. The lowest BCUT2D eigenvalue weighted by molar-refractivity contribution is 0.0718. The number of amides is 3. The second-order valence-corrected chi connectivity index (χ2v) is 8.17. The van der Waals surface area contributed by atoms with Crippen LogP contribution in [0, 0.1) is 0 Å². The molecular weight excluding hydrogens is 382 g/mol. The van der Waals surface area contributed by atoms with Crippen LogP contribution in [0.1, 0.15) is 34.0 Å². The van der Waals surface area contributed by atoms with Gasteiger partial charge in [0.15, 0.2) is 0 Å². The number of urea groups is 1. The molecule has 2 aromatic carbocycles. The summed E-state index contributed by atoms with van der Waals surface area (Å²) in [6.45, 7) is 1.51. The Morgan fingerprint density at radius 1 is 0.828 bits per heavy atom. The second-order valence-electron chi connectivity index (χ2n) is 7.09. The smallest absolute Gasteiger partial charge is 0.324 e. The van der Waals surface area contributed by atoms with E-state index in [9.17, 15) is 9.59 Å². The lowest BCUT2D eigenvalue weighted by Gasteiger charge is -2.32. The zero-order valence-electron chi connectivity index (χ0n) is 16.0. The quantitative estimate of drug-likeness (QED) is 0.609. The van der Waals surface area contributed by atoms with Crippen molar-refractivity contribution < 1.29 is 9.59 Å². The van der Waals surface area contributed by atoms with E-state index >= 15 is 0 Å². The monoisotopic (exact) mass is 405 g/mol. The van der Waals surface area contributed by atoms with Crippen LogP contribution in [0.25, 0.3) is 0 Å². The molecule has 5 nitrogen and oxygen atoms in total. The average Bonchev–Trinajstić information content (AvgIpc) is 3.23. The van der Waals surface area contributed by atoms with Gasteiger partial charge in [-0.15, -0.1) is 11.3 Å². The first-order chi connectivity index (χ1) is 14.2. The number of para-hydroxylation sites is 1. The van der Waals surface area contributed by atoms with Gasteiger partial charge in [-0.05, 0) is 48.6 Å². The maximum Gasteiger partial charge on any atom is 0.324 e. The number of thiophene rings is 1. The molecule has 0 bridgehead atoms. The van der Waals surface area contributed by atoms with Gasteiger partial charge < -0.3 is 10.2 Å². The van der Waals surface area contributed by atoms with Crippen molar-refractivity contribution in [2.24, 2.45) is 0 Å². The van der Waals surface area contributed by atoms with Gasteiger partial charge in [-0.1, -0.05) is 48.5 Å². The molecule has 1 aliphatic rings. The first-order valence-corrected chi connectivity index (χ1v) is 10.6. The molecule has 0 unspecified atom stereocenters. The minimum atomic E-state index is -0.319. The first kappa shape index (κ1) is 19.2. The van der Waals surface area contributed by atoms with E-state index in [1.165, 1.54) is 16.9 Å². The molecule has 0 saturated carbocycles. The Labute approximate surface area is 174 Å². The standard InChI is InChI=1S/C23H23N3O2S/c27-22(26-15-13-18(14-16-26)17-7-3-1-4-8-17)20-11-12-21(29-20)25-23(28)24-19-9-5-2-6-10-19/h1-12,18H,13-16H2,(H2,24,25,28). The predicted molar refractivity (Wildman–Crippen MR) is 118 cm³/mol. The van der Waals surface area contributed by atoms with Gasteiger partial charge in [-0.3, -0.25) is 10.1 Å². The maximum atomic E-state index is 12.8. The Morgan fingerprint density at radius 2 is 1.48 bits per heavy atom. The third-order valence-electron chi connectivity index (χ3n) is 5.14. The zero-order valence-corrected chi connectivity index (χ0v) is 16.8. The molecule has 1 fully saturated rings. The summed E-state index contributed by atoms with van der Waals surface area (Å²) < 4.78 is 0. The van der Waals surface area contributed by atoms with Crippen LogP contribution < -0.4 is 10.6 Å². The van der Waals surface area contributed by atoms with Crippen LogP contribution in [0.4, 0.5) is 15.5 Å². The summed E-state index contributed by atoms with van der Waals surface area (Å²) in [6, 6.07) is 23.0. The number of piperidine rings is 1. The molecule has 3 aromatic rings. The highest BCUT2D eigenvalue weighted by atomic mass is 32.1. The minimum Gasteiger partial charge on any atom is -0.338 e. The molecule has 148 valence electrons. The Kier molecular flexibility index (Phi) is 5.91. The summed E-state index contributed by atoms with van der Waals surface area (Å²) in [7, 11) is 0. The Balaban J connectivity index is 1.31. The molecule has 6 heteroatoms. The molecule has 0 spiro atoms. The van der Waals surface area contributed by atoms with Gasteiger partial charge in [0.1, 0.15) is 0 Å². The van der Waals surface area contributed by atoms with Crippen LogP contribution in [-0.4, -0.2) is 29.9 Å². The molecule has 1 aliphatic heterocycles. The van der Waals surface area contributed by atoms with Crippen molar-refractivity contribution in [3.8, 4) is 0 Å². The largest absolute Gasteiger partial charge is 0.338 e. The molecule has 0 radical (unpaired) electrons.